The number of nitrogen functional groups attached to an aromatic ring is 1. The summed E-state index contributed by atoms with van der Waals surface area (Å²) in [4.78, 5) is 40.0. The van der Waals surface area contributed by atoms with Gasteiger partial charge in [-0.2, -0.15) is 4.98 Å². The first-order valence-corrected chi connectivity index (χ1v) is 8.03. The maximum atomic E-state index is 11.7. The molecule has 120 valence electrons. The van der Waals surface area contributed by atoms with E-state index in [4.69, 9.17) is 20.3 Å². The second-order valence-corrected chi connectivity index (χ2v) is 6.80. The Morgan fingerprint density at radius 1 is 1.55 bits per heavy atom. The molecule has 2 aromatic heterocycles. The molecule has 0 saturated carbocycles. The molecule has 12 heteroatoms. The zero-order chi connectivity index (χ0) is 16.1. The lowest BCUT2D eigenvalue weighted by atomic mass is 10.2. The number of hydrogen-bond donors (Lipinski definition) is 5. The van der Waals surface area contributed by atoms with Gasteiger partial charge < -0.3 is 29.9 Å². The van der Waals surface area contributed by atoms with E-state index in [0.29, 0.717) is 0 Å². The van der Waals surface area contributed by atoms with Crippen molar-refractivity contribution >= 4 is 24.7 Å². The number of H-pyrrole nitrogens is 1. The minimum atomic E-state index is -4.44. The highest BCUT2D eigenvalue weighted by molar-refractivity contribution is 7.52. The van der Waals surface area contributed by atoms with Crippen LogP contribution in [-0.4, -0.2) is 52.5 Å². The summed E-state index contributed by atoms with van der Waals surface area (Å²) in [6, 6.07) is 0. The Bertz CT molecular complexity index is 812. The summed E-state index contributed by atoms with van der Waals surface area (Å²) in [6.07, 6.45) is -0.739. The highest BCUT2D eigenvalue weighted by Crippen LogP contribution is 2.48. The van der Waals surface area contributed by atoms with Gasteiger partial charge in [0.25, 0.3) is 5.56 Å². The van der Waals surface area contributed by atoms with Crippen LogP contribution in [0.5, 0.6) is 0 Å². The fraction of sp³-hybridized carbons (Fsp3) is 0.500. The van der Waals surface area contributed by atoms with Crippen molar-refractivity contribution in [2.75, 3.05) is 5.73 Å². The van der Waals surface area contributed by atoms with Crippen LogP contribution < -0.4 is 11.3 Å². The fourth-order valence-electron chi connectivity index (χ4n) is 2.39. The van der Waals surface area contributed by atoms with Gasteiger partial charge in [0.1, 0.15) is 6.10 Å². The predicted molar refractivity (Wildman–Crippen MR) is 73.9 cm³/mol. The number of aliphatic hydroxyl groups is 1. The van der Waals surface area contributed by atoms with Crippen molar-refractivity contribution in [1.82, 2.24) is 19.5 Å². The minimum Gasteiger partial charge on any atom is -0.390 e. The zero-order valence-corrected chi connectivity index (χ0v) is 12.1. The molecule has 11 nitrogen and oxygen atoms in total. The van der Waals surface area contributed by atoms with Crippen molar-refractivity contribution in [1.29, 1.82) is 0 Å². The second kappa shape index (κ2) is 5.14. The average molecular weight is 331 g/mol. The van der Waals surface area contributed by atoms with Crippen LogP contribution in [0, 0.1) is 0 Å². The summed E-state index contributed by atoms with van der Waals surface area (Å²) >= 11 is 0. The summed E-state index contributed by atoms with van der Waals surface area (Å²) in [7, 11) is -4.44. The molecule has 0 bridgehead atoms. The molecule has 0 aliphatic carbocycles. The fourth-order valence-corrected chi connectivity index (χ4v) is 3.19. The lowest BCUT2D eigenvalue weighted by Gasteiger charge is -2.16. The van der Waals surface area contributed by atoms with Crippen LogP contribution >= 0.6 is 7.60 Å². The lowest BCUT2D eigenvalue weighted by Crippen LogP contribution is -2.26. The van der Waals surface area contributed by atoms with Crippen LogP contribution in [0.25, 0.3) is 11.2 Å². The van der Waals surface area contributed by atoms with Gasteiger partial charge in [0.2, 0.25) is 5.95 Å². The normalized spacial score (nSPS) is 25.9. The summed E-state index contributed by atoms with van der Waals surface area (Å²) in [5.74, 6) is -1.43. The molecule has 0 unspecified atom stereocenters. The highest BCUT2D eigenvalue weighted by atomic mass is 31.2. The Morgan fingerprint density at radius 3 is 2.91 bits per heavy atom. The average Bonchev–Trinajstić information content (AvgIpc) is 2.95. The molecule has 2 aromatic rings. The van der Waals surface area contributed by atoms with Crippen molar-refractivity contribution in [3.05, 3.63) is 16.7 Å². The van der Waals surface area contributed by atoms with Crippen molar-refractivity contribution in [3.8, 4) is 0 Å². The number of nitrogens with zero attached hydrogens (tertiary/aromatic N) is 3. The number of anilines is 1. The molecular formula is C10H14N5O6P. The van der Waals surface area contributed by atoms with Crippen LogP contribution in [0.4, 0.5) is 5.95 Å². The van der Waals surface area contributed by atoms with Crippen LogP contribution in [-0.2, 0) is 15.8 Å². The monoisotopic (exact) mass is 331 g/mol. The first-order chi connectivity index (χ1) is 10.3. The third-order valence-corrected chi connectivity index (χ3v) is 4.53. The molecule has 0 radical (unpaired) electrons. The van der Waals surface area contributed by atoms with Gasteiger partial charge in [-0.1, -0.05) is 0 Å². The predicted octanol–water partition coefficient (Wildman–Crippen LogP) is -1.64. The molecule has 0 aromatic carbocycles. The smallest absolute Gasteiger partial charge is 0.354 e. The zero-order valence-electron chi connectivity index (χ0n) is 11.2. The van der Waals surface area contributed by atoms with Crippen molar-refractivity contribution in [2.24, 2.45) is 0 Å². The number of aromatic amines is 1. The molecule has 0 spiro atoms. The number of imidazole rings is 1. The molecule has 3 heterocycles. The lowest BCUT2D eigenvalue weighted by molar-refractivity contribution is 0.0163. The number of aliphatic hydroxyl groups excluding tert-OH is 1. The molecule has 0 amide bonds. The van der Waals surface area contributed by atoms with E-state index in [2.05, 4.69) is 15.0 Å². The van der Waals surface area contributed by atoms with Crippen molar-refractivity contribution in [2.45, 2.75) is 31.0 Å². The summed E-state index contributed by atoms with van der Waals surface area (Å²) < 4.78 is 17.8. The third-order valence-electron chi connectivity index (χ3n) is 3.45. The molecule has 1 aliphatic rings. The van der Waals surface area contributed by atoms with Gasteiger partial charge in [-0.25, -0.2) is 4.98 Å². The Balaban J connectivity index is 1.88. The van der Waals surface area contributed by atoms with E-state index in [9.17, 15) is 14.5 Å². The topological polar surface area (TPSA) is 177 Å². The van der Waals surface area contributed by atoms with E-state index in [1.807, 2.05) is 0 Å². The molecule has 6 N–H and O–H groups in total. The Labute approximate surface area is 122 Å². The minimum absolute atomic E-state index is 0.0318. The van der Waals surface area contributed by atoms with Gasteiger partial charge >= 0.3 is 7.60 Å². The summed E-state index contributed by atoms with van der Waals surface area (Å²) in [6.45, 7) is 0.0318. The number of nitrogens with one attached hydrogen (secondary N) is 1. The second-order valence-electron chi connectivity index (χ2n) is 5.04. The van der Waals surface area contributed by atoms with Crippen molar-refractivity contribution < 1.29 is 24.2 Å². The van der Waals surface area contributed by atoms with Gasteiger partial charge in [0, 0.05) is 6.42 Å². The van der Waals surface area contributed by atoms with Gasteiger partial charge in [0.15, 0.2) is 17.0 Å². The number of aromatic nitrogens is 4. The van der Waals surface area contributed by atoms with Crippen LogP contribution in [0.1, 0.15) is 6.42 Å². The first-order valence-electron chi connectivity index (χ1n) is 6.35. The van der Waals surface area contributed by atoms with E-state index < -0.39 is 31.2 Å². The van der Waals surface area contributed by atoms with E-state index >= 15 is 0 Å². The molecule has 1 aliphatic heterocycles. The highest BCUT2D eigenvalue weighted by Gasteiger charge is 2.43. The van der Waals surface area contributed by atoms with Gasteiger partial charge in [-0.05, 0) is 0 Å². The van der Waals surface area contributed by atoms with Crippen LogP contribution in [0.2, 0.25) is 0 Å². The largest absolute Gasteiger partial charge is 0.390 e. The molecule has 1 fully saturated rings. The Hall–Kier alpha value is -1.78. The van der Waals surface area contributed by atoms with E-state index in [1.165, 1.54) is 10.9 Å². The number of nitrogens with two attached hydrogens (primary N) is 1. The maximum Gasteiger partial charge on any atom is 0.354 e. The summed E-state index contributed by atoms with van der Waals surface area (Å²) in [5, 5.41) is 9.89. The van der Waals surface area contributed by atoms with Crippen LogP contribution in [0.15, 0.2) is 11.1 Å². The van der Waals surface area contributed by atoms with E-state index in [0.717, 1.165) is 0 Å². The number of rotatable bonds is 3. The number of hydrogen-bond acceptors (Lipinski definition) is 7. The first kappa shape index (κ1) is 15.1. The third kappa shape index (κ3) is 2.64. The number of fused-ring (bicyclic) bond motifs is 1. The molecular weight excluding hydrogens is 317 g/mol. The van der Waals surface area contributed by atoms with Crippen LogP contribution in [0.3, 0.4) is 0 Å². The van der Waals surface area contributed by atoms with Crippen molar-refractivity contribution in [3.63, 3.8) is 0 Å². The Kier molecular flexibility index (Phi) is 3.54. The quantitative estimate of drug-likeness (QED) is 0.412. The van der Waals surface area contributed by atoms with Gasteiger partial charge in [0.05, 0.1) is 19.0 Å². The molecule has 22 heavy (non-hydrogen) atoms. The molecule has 1 saturated heterocycles. The maximum absolute atomic E-state index is 11.7. The van der Waals surface area contributed by atoms with Gasteiger partial charge in [-0.15, -0.1) is 0 Å². The number of ether oxygens (including phenoxy) is 1. The molecule has 3 atom stereocenters. The Morgan fingerprint density at radius 2 is 2.27 bits per heavy atom. The standard InChI is InChI=1S/C10H14N5O6P/c11-10-13-8-7(9(17)14-10)12-3-15(8)2-5-4(16)1-6(21-5)22(18,19)20/h3-6,16H,1-2H2,(H2,18,19,20)(H3,11,13,14,17)/t4-,5+,6-/m0/s1. The van der Waals surface area contributed by atoms with Gasteiger partial charge in [-0.3, -0.25) is 14.3 Å². The molecule has 3 rings (SSSR count). The summed E-state index contributed by atoms with van der Waals surface area (Å²) in [5.41, 5.74) is 5.26. The van der Waals surface area contributed by atoms with E-state index in [1.54, 1.807) is 0 Å². The SMILES string of the molecule is Nc1nc2c(ncn2C[C@H]2O[C@@H](P(=O)(O)O)C[C@@H]2O)c(=O)[nH]1. The van der Waals surface area contributed by atoms with E-state index in [-0.39, 0.29) is 30.1 Å².